The van der Waals surface area contributed by atoms with Crippen LogP contribution in [-0.2, 0) is 5.54 Å². The van der Waals surface area contributed by atoms with E-state index in [1.807, 2.05) is 24.4 Å². The zero-order valence-corrected chi connectivity index (χ0v) is 8.40. The van der Waals surface area contributed by atoms with Gasteiger partial charge >= 0.3 is 0 Å². The average Bonchev–Trinajstić information content (AvgIpc) is 2.59. The third-order valence-corrected chi connectivity index (χ3v) is 3.33. The molecule has 0 spiro atoms. The van der Waals surface area contributed by atoms with Gasteiger partial charge in [0.15, 0.2) is 0 Å². The highest BCUT2D eigenvalue weighted by Gasteiger charge is 2.42. The minimum Gasteiger partial charge on any atom is -0.393 e. The van der Waals surface area contributed by atoms with E-state index >= 15 is 0 Å². The van der Waals surface area contributed by atoms with Gasteiger partial charge in [-0.3, -0.25) is 0 Å². The lowest BCUT2D eigenvalue weighted by Gasteiger charge is -2.42. The smallest absolute Gasteiger partial charge is 0.0582 e. The first kappa shape index (κ1) is 8.95. The fraction of sp³-hybridized carbons (Fsp3) is 0.333. The summed E-state index contributed by atoms with van der Waals surface area (Å²) in [6.45, 7) is 0. The zero-order chi connectivity index (χ0) is 10.5. The molecular formula is C12H14N2O. The molecule has 15 heavy (non-hydrogen) atoms. The molecule has 1 aromatic heterocycles. The summed E-state index contributed by atoms with van der Waals surface area (Å²) >= 11 is 0. The maximum absolute atomic E-state index is 9.36. The molecule has 1 aliphatic carbocycles. The largest absolute Gasteiger partial charge is 0.393 e. The van der Waals surface area contributed by atoms with Crippen LogP contribution in [0.2, 0.25) is 0 Å². The van der Waals surface area contributed by atoms with Gasteiger partial charge in [-0.15, -0.1) is 0 Å². The molecule has 0 amide bonds. The van der Waals surface area contributed by atoms with Crippen LogP contribution in [0.15, 0.2) is 30.5 Å². The van der Waals surface area contributed by atoms with E-state index in [2.05, 4.69) is 11.1 Å². The lowest BCUT2D eigenvalue weighted by atomic mass is 9.70. The van der Waals surface area contributed by atoms with Crippen molar-refractivity contribution >= 4 is 10.9 Å². The Balaban J connectivity index is 2.12. The van der Waals surface area contributed by atoms with E-state index in [0.717, 1.165) is 11.1 Å². The molecule has 1 aromatic carbocycles. The van der Waals surface area contributed by atoms with Crippen LogP contribution in [0.5, 0.6) is 0 Å². The van der Waals surface area contributed by atoms with Gasteiger partial charge in [0.1, 0.15) is 0 Å². The van der Waals surface area contributed by atoms with Gasteiger partial charge in [0.2, 0.25) is 0 Å². The summed E-state index contributed by atoms with van der Waals surface area (Å²) in [4.78, 5) is 3.22. The van der Waals surface area contributed by atoms with Crippen molar-refractivity contribution in [3.05, 3.63) is 36.0 Å². The monoisotopic (exact) mass is 202 g/mol. The van der Waals surface area contributed by atoms with Crippen LogP contribution < -0.4 is 5.73 Å². The van der Waals surface area contributed by atoms with Crippen molar-refractivity contribution in [2.24, 2.45) is 5.73 Å². The van der Waals surface area contributed by atoms with Crippen molar-refractivity contribution in [3.63, 3.8) is 0 Å². The number of benzene rings is 1. The van der Waals surface area contributed by atoms with Crippen molar-refractivity contribution < 1.29 is 5.11 Å². The fourth-order valence-corrected chi connectivity index (χ4v) is 2.48. The predicted molar refractivity (Wildman–Crippen MR) is 59.4 cm³/mol. The molecule has 1 aliphatic rings. The number of para-hydroxylation sites is 1. The fourth-order valence-electron chi connectivity index (χ4n) is 2.48. The highest BCUT2D eigenvalue weighted by atomic mass is 16.3. The summed E-state index contributed by atoms with van der Waals surface area (Å²) < 4.78 is 0. The van der Waals surface area contributed by atoms with Crippen LogP contribution in [0.3, 0.4) is 0 Å². The Bertz CT molecular complexity index is 497. The quantitative estimate of drug-likeness (QED) is 0.656. The summed E-state index contributed by atoms with van der Waals surface area (Å²) in [6.07, 6.45) is 3.06. The van der Waals surface area contributed by atoms with Crippen molar-refractivity contribution in [3.8, 4) is 0 Å². The van der Waals surface area contributed by atoms with Crippen molar-refractivity contribution in [1.82, 2.24) is 4.98 Å². The second-order valence-corrected chi connectivity index (χ2v) is 4.47. The standard InChI is InChI=1S/C12H14N2O/c13-12(5-8(15)6-12)10-7-14-11-4-2-1-3-9(10)11/h1-4,7-8,14-15H,5-6,13H2. The van der Waals surface area contributed by atoms with Crippen LogP contribution in [0.1, 0.15) is 18.4 Å². The molecule has 0 radical (unpaired) electrons. The highest BCUT2D eigenvalue weighted by Crippen LogP contribution is 2.41. The van der Waals surface area contributed by atoms with Crippen molar-refractivity contribution in [2.45, 2.75) is 24.5 Å². The number of fused-ring (bicyclic) bond motifs is 1. The third kappa shape index (κ3) is 1.20. The predicted octanol–water partition coefficient (Wildman–Crippen LogP) is 1.48. The molecule has 0 unspecified atom stereocenters. The Kier molecular flexibility index (Phi) is 1.69. The molecule has 3 rings (SSSR count). The first-order valence-corrected chi connectivity index (χ1v) is 5.23. The number of nitrogens with one attached hydrogen (secondary N) is 1. The summed E-state index contributed by atoms with van der Waals surface area (Å²) in [5, 5.41) is 10.5. The number of H-pyrrole nitrogens is 1. The van der Waals surface area contributed by atoms with Gasteiger partial charge in [-0.25, -0.2) is 0 Å². The minimum absolute atomic E-state index is 0.233. The van der Waals surface area contributed by atoms with E-state index in [-0.39, 0.29) is 11.6 Å². The van der Waals surface area contributed by atoms with E-state index in [9.17, 15) is 5.11 Å². The number of aromatic amines is 1. The van der Waals surface area contributed by atoms with Gasteiger partial charge in [0.05, 0.1) is 6.10 Å². The Morgan fingerprint density at radius 3 is 2.80 bits per heavy atom. The van der Waals surface area contributed by atoms with E-state index < -0.39 is 0 Å². The average molecular weight is 202 g/mol. The molecule has 2 aromatic rings. The lowest BCUT2D eigenvalue weighted by molar-refractivity contribution is 0.0217. The topological polar surface area (TPSA) is 62.0 Å². The Labute approximate surface area is 87.9 Å². The summed E-state index contributed by atoms with van der Waals surface area (Å²) in [7, 11) is 0. The number of hydrogen-bond acceptors (Lipinski definition) is 2. The van der Waals surface area contributed by atoms with Gasteiger partial charge in [0, 0.05) is 22.6 Å². The van der Waals surface area contributed by atoms with Crippen LogP contribution in [0, 0.1) is 0 Å². The van der Waals surface area contributed by atoms with Gasteiger partial charge < -0.3 is 15.8 Å². The highest BCUT2D eigenvalue weighted by molar-refractivity contribution is 5.84. The lowest BCUT2D eigenvalue weighted by Crippen LogP contribution is -2.51. The van der Waals surface area contributed by atoms with Gasteiger partial charge in [0.25, 0.3) is 0 Å². The van der Waals surface area contributed by atoms with Crippen molar-refractivity contribution in [2.75, 3.05) is 0 Å². The third-order valence-electron chi connectivity index (χ3n) is 3.33. The second kappa shape index (κ2) is 2.84. The number of aromatic nitrogens is 1. The number of aliphatic hydroxyl groups is 1. The first-order valence-electron chi connectivity index (χ1n) is 5.23. The van der Waals surface area contributed by atoms with E-state index in [1.54, 1.807) is 0 Å². The molecule has 0 aliphatic heterocycles. The SMILES string of the molecule is NC1(c2c[nH]c3ccccc23)CC(O)C1. The number of hydrogen-bond donors (Lipinski definition) is 3. The maximum Gasteiger partial charge on any atom is 0.0582 e. The zero-order valence-electron chi connectivity index (χ0n) is 8.40. The number of aliphatic hydroxyl groups excluding tert-OH is 1. The molecule has 0 atom stereocenters. The van der Waals surface area contributed by atoms with Crippen molar-refractivity contribution in [1.29, 1.82) is 0 Å². The molecule has 0 bridgehead atoms. The van der Waals surface area contributed by atoms with E-state index in [1.165, 1.54) is 5.39 Å². The Morgan fingerprint density at radius 2 is 2.07 bits per heavy atom. The summed E-state index contributed by atoms with van der Waals surface area (Å²) in [5.74, 6) is 0. The summed E-state index contributed by atoms with van der Waals surface area (Å²) in [6, 6.07) is 8.12. The maximum atomic E-state index is 9.36. The number of nitrogens with two attached hydrogens (primary N) is 1. The first-order chi connectivity index (χ1) is 7.19. The molecule has 78 valence electrons. The van der Waals surface area contributed by atoms with Crippen LogP contribution >= 0.6 is 0 Å². The molecule has 1 fully saturated rings. The van der Waals surface area contributed by atoms with Crippen LogP contribution in [-0.4, -0.2) is 16.2 Å². The number of rotatable bonds is 1. The van der Waals surface area contributed by atoms with Gasteiger partial charge in [-0.1, -0.05) is 18.2 Å². The molecule has 3 heteroatoms. The second-order valence-electron chi connectivity index (χ2n) is 4.47. The molecule has 1 saturated carbocycles. The van der Waals surface area contributed by atoms with E-state index in [4.69, 9.17) is 5.73 Å². The molecule has 3 nitrogen and oxygen atoms in total. The van der Waals surface area contributed by atoms with Gasteiger partial charge in [-0.05, 0) is 24.5 Å². The Hall–Kier alpha value is -1.32. The summed E-state index contributed by atoms with van der Waals surface area (Å²) in [5.41, 5.74) is 8.15. The molecule has 0 saturated heterocycles. The van der Waals surface area contributed by atoms with Crippen LogP contribution in [0.4, 0.5) is 0 Å². The molecular weight excluding hydrogens is 188 g/mol. The Morgan fingerprint density at radius 1 is 1.33 bits per heavy atom. The van der Waals surface area contributed by atoms with Crippen LogP contribution in [0.25, 0.3) is 10.9 Å². The minimum atomic E-state index is -0.334. The molecule has 4 N–H and O–H groups in total. The normalized spacial score (nSPS) is 30.4. The molecule has 1 heterocycles. The van der Waals surface area contributed by atoms with Gasteiger partial charge in [-0.2, -0.15) is 0 Å². The van der Waals surface area contributed by atoms with E-state index in [0.29, 0.717) is 12.8 Å².